The number of nitrogens with zero attached hydrogens (tertiary/aromatic N) is 5. The van der Waals surface area contributed by atoms with E-state index in [-0.39, 0.29) is 18.6 Å². The summed E-state index contributed by atoms with van der Waals surface area (Å²) in [6, 6.07) is 5.82. The maximum absolute atomic E-state index is 12.7. The molecule has 1 fully saturated rings. The maximum Gasteiger partial charge on any atom is 0.231 e. The predicted octanol–water partition coefficient (Wildman–Crippen LogP) is 1.39. The van der Waals surface area contributed by atoms with Crippen molar-refractivity contribution in [2.75, 3.05) is 27.1 Å². The number of carbonyl (C=O) groups is 1. The van der Waals surface area contributed by atoms with Gasteiger partial charge in [0.2, 0.25) is 12.7 Å². The van der Waals surface area contributed by atoms with Gasteiger partial charge in [-0.3, -0.25) is 4.79 Å². The van der Waals surface area contributed by atoms with E-state index in [4.69, 9.17) is 14.2 Å². The van der Waals surface area contributed by atoms with Crippen LogP contribution in [0.25, 0.3) is 16.6 Å². The molecular formula is C18H19N5O4. The lowest BCUT2D eigenvalue weighted by Crippen LogP contribution is -2.34. The third-order valence-corrected chi connectivity index (χ3v) is 5.00. The largest absolute Gasteiger partial charge is 0.454 e. The summed E-state index contributed by atoms with van der Waals surface area (Å²) < 4.78 is 17.8. The zero-order chi connectivity index (χ0) is 18.4. The van der Waals surface area contributed by atoms with Crippen molar-refractivity contribution in [3.8, 4) is 11.5 Å². The summed E-state index contributed by atoms with van der Waals surface area (Å²) in [7, 11) is 1.64. The van der Waals surface area contributed by atoms with Gasteiger partial charge in [-0.25, -0.2) is 0 Å². The van der Waals surface area contributed by atoms with E-state index in [1.165, 1.54) is 0 Å². The Morgan fingerprint density at radius 3 is 2.89 bits per heavy atom. The normalized spacial score (nSPS) is 15.6. The second kappa shape index (κ2) is 6.34. The average molecular weight is 369 g/mol. The number of hydrogen-bond acceptors (Lipinski definition) is 7. The quantitative estimate of drug-likeness (QED) is 0.648. The molecule has 5 rings (SSSR count). The highest BCUT2D eigenvalue weighted by molar-refractivity contribution is 5.87. The van der Waals surface area contributed by atoms with Crippen LogP contribution < -0.4 is 9.47 Å². The number of benzene rings is 1. The van der Waals surface area contributed by atoms with Gasteiger partial charge < -0.3 is 19.1 Å². The monoisotopic (exact) mass is 369 g/mol. The second-order valence-electron chi connectivity index (χ2n) is 6.88. The molecule has 2 aromatic heterocycles. The average Bonchev–Trinajstić information content (AvgIpc) is 3.22. The lowest BCUT2D eigenvalue weighted by molar-refractivity contribution is -0.133. The number of carbonyl (C=O) groups excluding carboxylic acids is 1. The fourth-order valence-corrected chi connectivity index (χ4v) is 3.43. The third kappa shape index (κ3) is 2.84. The molecule has 0 spiro atoms. The summed E-state index contributed by atoms with van der Waals surface area (Å²) in [5, 5.41) is 13.1. The highest BCUT2D eigenvalue weighted by Gasteiger charge is 2.33. The first-order chi connectivity index (χ1) is 13.2. The molecule has 9 nitrogen and oxygen atoms in total. The van der Waals surface area contributed by atoms with Crippen LogP contribution in [-0.4, -0.2) is 57.9 Å². The maximum atomic E-state index is 12.7. The van der Waals surface area contributed by atoms with Crippen LogP contribution in [-0.2, 0) is 16.1 Å². The first-order valence-corrected chi connectivity index (χ1v) is 8.95. The SMILES string of the molecule is COCCN(Cc1cc2cc3c(cc2n2nnnc12)OCO3)C(=O)C1CC1. The van der Waals surface area contributed by atoms with Crippen LogP contribution >= 0.6 is 0 Å². The number of tetrazole rings is 1. The minimum absolute atomic E-state index is 0.142. The van der Waals surface area contributed by atoms with Crippen LogP contribution in [0.5, 0.6) is 11.5 Å². The molecule has 3 aromatic rings. The molecule has 0 radical (unpaired) electrons. The summed E-state index contributed by atoms with van der Waals surface area (Å²) in [4.78, 5) is 14.5. The van der Waals surface area contributed by atoms with Gasteiger partial charge in [0, 0.05) is 43.1 Å². The predicted molar refractivity (Wildman–Crippen MR) is 94.4 cm³/mol. The zero-order valence-corrected chi connectivity index (χ0v) is 14.9. The molecule has 2 aliphatic rings. The third-order valence-electron chi connectivity index (χ3n) is 5.00. The van der Waals surface area contributed by atoms with Gasteiger partial charge in [0.05, 0.1) is 12.1 Å². The molecule has 1 amide bonds. The van der Waals surface area contributed by atoms with E-state index in [9.17, 15) is 4.79 Å². The second-order valence-corrected chi connectivity index (χ2v) is 6.88. The molecule has 140 valence electrons. The van der Waals surface area contributed by atoms with Crippen molar-refractivity contribution < 1.29 is 19.0 Å². The minimum Gasteiger partial charge on any atom is -0.454 e. The van der Waals surface area contributed by atoms with Crippen molar-refractivity contribution in [1.82, 2.24) is 24.9 Å². The Kier molecular flexibility index (Phi) is 3.82. The topological polar surface area (TPSA) is 91.1 Å². The van der Waals surface area contributed by atoms with Crippen molar-refractivity contribution >= 4 is 22.5 Å². The molecule has 1 saturated carbocycles. The van der Waals surface area contributed by atoms with Crippen LogP contribution in [0.2, 0.25) is 0 Å². The molecule has 0 saturated heterocycles. The van der Waals surface area contributed by atoms with Crippen LogP contribution in [0.4, 0.5) is 0 Å². The van der Waals surface area contributed by atoms with Crippen molar-refractivity contribution in [2.45, 2.75) is 19.4 Å². The Labute approximate surface area is 154 Å². The number of ether oxygens (including phenoxy) is 3. The molecule has 0 atom stereocenters. The molecule has 0 N–H and O–H groups in total. The number of rotatable bonds is 6. The van der Waals surface area contributed by atoms with E-state index in [1.807, 2.05) is 23.1 Å². The Balaban J connectivity index is 1.57. The van der Waals surface area contributed by atoms with Crippen LogP contribution in [0.3, 0.4) is 0 Å². The highest BCUT2D eigenvalue weighted by Crippen LogP contribution is 2.37. The van der Waals surface area contributed by atoms with Gasteiger partial charge in [-0.1, -0.05) is 0 Å². The smallest absolute Gasteiger partial charge is 0.231 e. The zero-order valence-electron chi connectivity index (χ0n) is 14.9. The summed E-state index contributed by atoms with van der Waals surface area (Å²) in [5.74, 6) is 1.69. The number of methoxy groups -OCH3 is 1. The van der Waals surface area contributed by atoms with Crippen molar-refractivity contribution in [3.63, 3.8) is 0 Å². The molecule has 0 unspecified atom stereocenters. The fraction of sp³-hybridized carbons (Fsp3) is 0.444. The summed E-state index contributed by atoms with van der Waals surface area (Å²) in [6.07, 6.45) is 1.93. The summed E-state index contributed by atoms with van der Waals surface area (Å²) in [6.45, 7) is 1.68. The minimum atomic E-state index is 0.142. The molecule has 0 bridgehead atoms. The Morgan fingerprint density at radius 1 is 1.30 bits per heavy atom. The lowest BCUT2D eigenvalue weighted by Gasteiger charge is -2.23. The molecule has 1 aliphatic carbocycles. The van der Waals surface area contributed by atoms with Gasteiger partial charge in [-0.15, -0.1) is 5.10 Å². The van der Waals surface area contributed by atoms with Gasteiger partial charge in [0.1, 0.15) is 0 Å². The number of aromatic nitrogens is 4. The van der Waals surface area contributed by atoms with E-state index in [1.54, 1.807) is 11.6 Å². The number of hydrogen-bond donors (Lipinski definition) is 0. The molecule has 3 heterocycles. The van der Waals surface area contributed by atoms with Crippen LogP contribution in [0.1, 0.15) is 18.4 Å². The molecular weight excluding hydrogens is 350 g/mol. The first-order valence-electron chi connectivity index (χ1n) is 8.95. The van der Waals surface area contributed by atoms with Gasteiger partial charge in [-0.2, -0.15) is 4.52 Å². The number of fused-ring (bicyclic) bond motifs is 4. The van der Waals surface area contributed by atoms with Crippen molar-refractivity contribution in [3.05, 3.63) is 23.8 Å². The highest BCUT2D eigenvalue weighted by atomic mass is 16.7. The number of amides is 1. The lowest BCUT2D eigenvalue weighted by atomic mass is 10.1. The van der Waals surface area contributed by atoms with E-state index < -0.39 is 0 Å². The van der Waals surface area contributed by atoms with Gasteiger partial charge in [0.15, 0.2) is 17.1 Å². The summed E-state index contributed by atoms with van der Waals surface area (Å²) in [5.41, 5.74) is 2.35. The van der Waals surface area contributed by atoms with Gasteiger partial charge in [0.25, 0.3) is 0 Å². The van der Waals surface area contributed by atoms with Crippen molar-refractivity contribution in [1.29, 1.82) is 0 Å². The van der Waals surface area contributed by atoms with Gasteiger partial charge in [-0.05, 0) is 35.4 Å². The standard InChI is InChI=1S/C18H19N5O4/c1-25-5-4-22(18(24)11-2-3-11)9-13-6-12-7-15-16(27-10-26-15)8-14(12)23-17(13)19-20-21-23/h6-8,11H,2-5,9-10H2,1H3. The molecule has 27 heavy (non-hydrogen) atoms. The Morgan fingerprint density at radius 2 is 2.11 bits per heavy atom. The molecule has 1 aliphatic heterocycles. The Hall–Kier alpha value is -2.94. The van der Waals surface area contributed by atoms with Crippen LogP contribution in [0, 0.1) is 5.92 Å². The van der Waals surface area contributed by atoms with Crippen molar-refractivity contribution in [2.24, 2.45) is 5.92 Å². The van der Waals surface area contributed by atoms with E-state index in [0.717, 1.165) is 29.3 Å². The van der Waals surface area contributed by atoms with Gasteiger partial charge >= 0.3 is 0 Å². The van der Waals surface area contributed by atoms with Crippen LogP contribution in [0.15, 0.2) is 18.2 Å². The van der Waals surface area contributed by atoms with E-state index in [2.05, 4.69) is 15.5 Å². The van der Waals surface area contributed by atoms with E-state index in [0.29, 0.717) is 36.8 Å². The number of pyridine rings is 1. The molecule has 1 aromatic carbocycles. The molecule has 9 heteroatoms. The van der Waals surface area contributed by atoms with E-state index >= 15 is 0 Å². The first kappa shape index (κ1) is 16.2. The Bertz CT molecular complexity index is 1030. The summed E-state index contributed by atoms with van der Waals surface area (Å²) >= 11 is 0. The fourth-order valence-electron chi connectivity index (χ4n) is 3.43.